The summed E-state index contributed by atoms with van der Waals surface area (Å²) in [6, 6.07) is -2.14. The van der Waals surface area contributed by atoms with E-state index < -0.39 is 36.4 Å². The number of hydrogen-bond acceptors (Lipinski definition) is 9. The number of carbonyl (C=O) groups is 3. The van der Waals surface area contributed by atoms with Gasteiger partial charge in [-0.25, -0.2) is 0 Å². The lowest BCUT2D eigenvalue weighted by molar-refractivity contribution is -0.121. The van der Waals surface area contributed by atoms with Gasteiger partial charge < -0.3 is 32.5 Å². The minimum absolute atomic E-state index is 0.181. The lowest BCUT2D eigenvalue weighted by Gasteiger charge is -2.08. The molecule has 0 aromatic rings. The minimum Gasteiger partial charge on any atom is -0.391 e. The largest absolute Gasteiger partial charge is 0.391 e. The summed E-state index contributed by atoms with van der Waals surface area (Å²) < 4.78 is 0. The second-order valence-corrected chi connectivity index (χ2v) is 5.63. The number of aliphatic hydroxyl groups excluding tert-OH is 3. The molecule has 0 radical (unpaired) electrons. The van der Waals surface area contributed by atoms with Crippen molar-refractivity contribution in [3.63, 3.8) is 0 Å². The van der Waals surface area contributed by atoms with Gasteiger partial charge in [0.15, 0.2) is 0 Å². The molecule has 0 amide bonds. The molecule has 6 atom stereocenters. The van der Waals surface area contributed by atoms with Crippen LogP contribution in [0.25, 0.3) is 0 Å². The third-order valence-electron chi connectivity index (χ3n) is 2.97. The predicted molar refractivity (Wildman–Crippen MR) is 91.0 cm³/mol. The third kappa shape index (κ3) is 15.7. The molecule has 0 aliphatic rings. The van der Waals surface area contributed by atoms with Crippen molar-refractivity contribution in [1.82, 2.24) is 0 Å². The fourth-order valence-electron chi connectivity index (χ4n) is 1.02. The van der Waals surface area contributed by atoms with Crippen molar-refractivity contribution in [3.05, 3.63) is 0 Å². The Balaban J connectivity index is -0.000000276. The van der Waals surface area contributed by atoms with Gasteiger partial charge in [0.05, 0.1) is 36.4 Å². The summed E-state index contributed by atoms with van der Waals surface area (Å²) in [6.07, 6.45) is -2.19. The fourth-order valence-corrected chi connectivity index (χ4v) is 1.02. The van der Waals surface area contributed by atoms with Gasteiger partial charge in [0.2, 0.25) is 0 Å². The second-order valence-electron chi connectivity index (χ2n) is 5.63. The molecule has 0 aliphatic heterocycles. The average Bonchev–Trinajstić information content (AvgIpc) is 2.45. The Hall–Kier alpha value is -1.23. The molecule has 9 nitrogen and oxygen atoms in total. The first-order valence-electron chi connectivity index (χ1n) is 7.49. The van der Waals surface area contributed by atoms with Crippen LogP contribution in [0, 0.1) is 0 Å². The Morgan fingerprint density at radius 1 is 0.583 bits per heavy atom. The molecule has 144 valence electrons. The topological polar surface area (TPSA) is 190 Å². The highest BCUT2D eigenvalue weighted by molar-refractivity contribution is 5.82. The van der Waals surface area contributed by atoms with E-state index >= 15 is 0 Å². The molecule has 0 aromatic heterocycles. The maximum absolute atomic E-state index is 10.3. The van der Waals surface area contributed by atoms with Gasteiger partial charge in [-0.2, -0.15) is 0 Å². The van der Waals surface area contributed by atoms with E-state index in [0.717, 1.165) is 0 Å². The number of hydrogen-bond donors (Lipinski definition) is 6. The van der Waals surface area contributed by atoms with Crippen LogP contribution < -0.4 is 17.2 Å². The van der Waals surface area contributed by atoms with Crippen LogP contribution in [0.4, 0.5) is 0 Å². The van der Waals surface area contributed by atoms with Gasteiger partial charge >= 0.3 is 0 Å². The fraction of sp³-hybridized carbons (Fsp3) is 0.800. The zero-order valence-electron chi connectivity index (χ0n) is 15.3. The van der Waals surface area contributed by atoms with Crippen molar-refractivity contribution in [3.8, 4) is 0 Å². The number of aliphatic hydroxyl groups is 3. The highest BCUT2D eigenvalue weighted by atomic mass is 16.3. The van der Waals surface area contributed by atoms with Gasteiger partial charge in [-0.1, -0.05) is 0 Å². The van der Waals surface area contributed by atoms with Gasteiger partial charge in [-0.15, -0.1) is 0 Å². The number of carbonyl (C=O) groups excluding carboxylic acids is 3. The molecule has 0 bridgehead atoms. The first kappa shape index (κ1) is 27.6. The molecule has 9 heteroatoms. The summed E-state index contributed by atoms with van der Waals surface area (Å²) in [7, 11) is 0. The molecule has 0 heterocycles. The molecular weight excluding hydrogens is 318 g/mol. The smallest absolute Gasteiger partial charge is 0.149 e. The van der Waals surface area contributed by atoms with Crippen molar-refractivity contribution >= 4 is 17.3 Å². The summed E-state index contributed by atoms with van der Waals surface area (Å²) in [5.74, 6) is -0.542. The van der Waals surface area contributed by atoms with Crippen LogP contribution in [0.3, 0.4) is 0 Å². The van der Waals surface area contributed by atoms with E-state index in [1.165, 1.54) is 41.5 Å². The Kier molecular flexibility index (Phi) is 16.3. The van der Waals surface area contributed by atoms with Gasteiger partial charge in [0.1, 0.15) is 17.3 Å². The summed E-state index contributed by atoms with van der Waals surface area (Å²) in [6.45, 7) is 8.55. The summed E-state index contributed by atoms with van der Waals surface area (Å²) in [5, 5.41) is 25.9. The molecule has 9 N–H and O–H groups in total. The van der Waals surface area contributed by atoms with Crippen molar-refractivity contribution in [2.45, 2.75) is 78.0 Å². The van der Waals surface area contributed by atoms with Crippen molar-refractivity contribution in [1.29, 1.82) is 0 Å². The lowest BCUT2D eigenvalue weighted by atomic mass is 10.1. The van der Waals surface area contributed by atoms with Crippen molar-refractivity contribution in [2.75, 3.05) is 0 Å². The maximum Gasteiger partial charge on any atom is 0.149 e. The number of ketones is 3. The van der Waals surface area contributed by atoms with E-state index in [4.69, 9.17) is 32.5 Å². The van der Waals surface area contributed by atoms with Gasteiger partial charge in [-0.05, 0) is 41.5 Å². The first-order chi connectivity index (χ1) is 10.7. The molecular formula is C15H33N3O6. The van der Waals surface area contributed by atoms with Crippen LogP contribution in [-0.2, 0) is 14.4 Å². The van der Waals surface area contributed by atoms with Crippen LogP contribution >= 0.6 is 0 Å². The quantitative estimate of drug-likeness (QED) is 0.310. The Bertz CT molecular complexity index is 328. The minimum atomic E-state index is -0.729. The lowest BCUT2D eigenvalue weighted by Crippen LogP contribution is -2.38. The highest BCUT2D eigenvalue weighted by Gasteiger charge is 2.13. The standard InChI is InChI=1S/3C5H11NO2/c3*1-3(7)5(6)4(2)8/h3*3,5,7H,6H2,1-2H3/t2*3-,5+;3-,5-/m100/s1. The molecule has 24 heavy (non-hydrogen) atoms. The molecule has 0 spiro atoms. The van der Waals surface area contributed by atoms with Gasteiger partial charge in [0, 0.05) is 0 Å². The average molecular weight is 351 g/mol. The van der Waals surface area contributed by atoms with Crippen molar-refractivity contribution < 1.29 is 29.7 Å². The Morgan fingerprint density at radius 2 is 0.708 bits per heavy atom. The summed E-state index contributed by atoms with van der Waals surface area (Å²) in [5.41, 5.74) is 15.5. The van der Waals surface area contributed by atoms with Crippen LogP contribution in [0.1, 0.15) is 41.5 Å². The monoisotopic (exact) mass is 351 g/mol. The van der Waals surface area contributed by atoms with Crippen LogP contribution in [0.5, 0.6) is 0 Å². The maximum atomic E-state index is 10.3. The van der Waals surface area contributed by atoms with Crippen molar-refractivity contribution in [2.24, 2.45) is 17.2 Å². The molecule has 0 aliphatic carbocycles. The van der Waals surface area contributed by atoms with Crippen LogP contribution in [0.15, 0.2) is 0 Å². The van der Waals surface area contributed by atoms with E-state index in [9.17, 15) is 14.4 Å². The van der Waals surface area contributed by atoms with E-state index in [1.54, 1.807) is 0 Å². The predicted octanol–water partition coefficient (Wildman–Crippen LogP) is -2.15. The Labute approximate surface area is 143 Å². The van der Waals surface area contributed by atoms with E-state index in [-0.39, 0.29) is 17.3 Å². The molecule has 0 rings (SSSR count). The Morgan fingerprint density at radius 3 is 0.708 bits per heavy atom. The zero-order valence-corrected chi connectivity index (χ0v) is 15.3. The normalized spacial score (nSPS) is 17.5. The van der Waals surface area contributed by atoms with Gasteiger partial charge in [0.25, 0.3) is 0 Å². The molecule has 0 fully saturated rings. The SMILES string of the molecule is CC(=O)[C@@H](N)[C@@H](C)O.CC(=O)[C@@H](N)[C@H](C)O.CC(=O)[C@H](N)[C@H](C)O. The second kappa shape index (κ2) is 14.1. The van der Waals surface area contributed by atoms with E-state index in [1.807, 2.05) is 0 Å². The molecule has 0 saturated carbocycles. The van der Waals surface area contributed by atoms with E-state index in [2.05, 4.69) is 0 Å². The number of rotatable bonds is 6. The third-order valence-corrected chi connectivity index (χ3v) is 2.97. The van der Waals surface area contributed by atoms with Gasteiger partial charge in [-0.3, -0.25) is 14.4 Å². The molecule has 0 aromatic carbocycles. The number of Topliss-reactive ketones (excluding diaryl/α,β-unsaturated/α-hetero) is 3. The zero-order chi connectivity index (χ0) is 20.2. The first-order valence-corrected chi connectivity index (χ1v) is 7.49. The van der Waals surface area contributed by atoms with Crippen LogP contribution in [0.2, 0.25) is 0 Å². The number of nitrogens with two attached hydrogens (primary N) is 3. The molecule has 0 unspecified atom stereocenters. The highest BCUT2D eigenvalue weighted by Crippen LogP contribution is 1.89. The summed E-state index contributed by atoms with van der Waals surface area (Å²) >= 11 is 0. The van der Waals surface area contributed by atoms with Crippen LogP contribution in [-0.4, -0.2) is 69.1 Å². The molecule has 0 saturated heterocycles. The summed E-state index contributed by atoms with van der Waals surface area (Å²) in [4.78, 5) is 30.9. The van der Waals surface area contributed by atoms with E-state index in [0.29, 0.717) is 0 Å².